The fraction of sp³-hybridized carbons (Fsp3) is 0.423. The van der Waals surface area contributed by atoms with E-state index in [0.717, 1.165) is 40.4 Å². The molecule has 2 aliphatic heterocycles. The molecule has 1 N–H and O–H groups in total. The number of sulfonamides is 1. The van der Waals surface area contributed by atoms with Crippen molar-refractivity contribution in [3.8, 4) is 11.1 Å². The summed E-state index contributed by atoms with van der Waals surface area (Å²) in [5.74, 6) is 0.0640. The second kappa shape index (κ2) is 7.93. The van der Waals surface area contributed by atoms with Crippen LogP contribution in [-0.4, -0.2) is 66.4 Å². The number of benzene rings is 2. The summed E-state index contributed by atoms with van der Waals surface area (Å²) in [7, 11) is -3.60. The monoisotopic (exact) mass is 479 g/mol. The average molecular weight is 480 g/mol. The van der Waals surface area contributed by atoms with Crippen LogP contribution < -0.4 is 0 Å². The number of nitrogens with one attached hydrogen (secondary N) is 1. The van der Waals surface area contributed by atoms with Crippen molar-refractivity contribution in [2.45, 2.75) is 49.1 Å². The molecule has 1 saturated carbocycles. The molecule has 1 spiro atoms. The molecule has 0 atom stereocenters. The minimum Gasteiger partial charge on any atom is -0.363 e. The first-order valence-electron chi connectivity index (χ1n) is 12.0. The summed E-state index contributed by atoms with van der Waals surface area (Å²) in [4.78, 5) is 17.7. The smallest absolute Gasteiger partial charge is 0.248 e. The van der Waals surface area contributed by atoms with E-state index in [2.05, 4.69) is 23.2 Å². The third-order valence-corrected chi connectivity index (χ3v) is 9.50. The van der Waals surface area contributed by atoms with Gasteiger partial charge in [-0.3, -0.25) is 4.79 Å². The lowest BCUT2D eigenvalue weighted by Gasteiger charge is -2.46. The van der Waals surface area contributed by atoms with E-state index in [9.17, 15) is 13.2 Å². The number of hydrogen-bond donors (Lipinski definition) is 1. The number of aromatic amines is 1. The number of piperidine rings is 1. The molecule has 2 saturated heterocycles. The number of H-pyrrole nitrogens is 1. The van der Waals surface area contributed by atoms with Crippen LogP contribution in [0.3, 0.4) is 0 Å². The lowest BCUT2D eigenvalue weighted by atomic mass is 9.90. The number of aromatic nitrogens is 1. The summed E-state index contributed by atoms with van der Waals surface area (Å²) >= 11 is 0. The van der Waals surface area contributed by atoms with E-state index >= 15 is 0 Å². The Kier molecular flexibility index (Phi) is 5.09. The van der Waals surface area contributed by atoms with Crippen molar-refractivity contribution in [1.82, 2.24) is 14.2 Å². The molecule has 1 aliphatic carbocycles. The van der Waals surface area contributed by atoms with Crippen molar-refractivity contribution in [2.24, 2.45) is 0 Å². The number of aryl methyl sites for hydroxylation is 1. The quantitative estimate of drug-likeness (QED) is 0.619. The number of carbonyl (C=O) groups is 1. The molecular weight excluding hydrogens is 450 g/mol. The molecule has 6 rings (SSSR count). The van der Waals surface area contributed by atoms with Crippen LogP contribution in [0.25, 0.3) is 22.0 Å². The van der Waals surface area contributed by atoms with Crippen molar-refractivity contribution < 1.29 is 17.9 Å². The zero-order valence-corrected chi connectivity index (χ0v) is 20.1. The van der Waals surface area contributed by atoms with Crippen LogP contribution in [0.5, 0.6) is 0 Å². The molecule has 7 nitrogen and oxygen atoms in total. The van der Waals surface area contributed by atoms with E-state index in [1.54, 1.807) is 16.4 Å². The minimum absolute atomic E-state index is 0.0640. The number of ether oxygens (including phenoxy) is 1. The highest BCUT2D eigenvalue weighted by Gasteiger charge is 2.47. The van der Waals surface area contributed by atoms with E-state index in [1.807, 2.05) is 30.2 Å². The third kappa shape index (κ3) is 3.74. The van der Waals surface area contributed by atoms with Gasteiger partial charge in [0.15, 0.2) is 0 Å². The van der Waals surface area contributed by atoms with E-state index in [4.69, 9.17) is 4.74 Å². The Labute approximate surface area is 199 Å². The predicted octanol–water partition coefficient (Wildman–Crippen LogP) is 3.69. The second-order valence-electron chi connectivity index (χ2n) is 9.89. The van der Waals surface area contributed by atoms with Crippen LogP contribution in [-0.2, 0) is 19.6 Å². The molecule has 3 aliphatic rings. The Hall–Kier alpha value is -2.68. The first-order valence-corrected chi connectivity index (χ1v) is 13.4. The molecule has 1 amide bonds. The normalized spacial score (nSPS) is 21.4. The van der Waals surface area contributed by atoms with Crippen molar-refractivity contribution in [1.29, 1.82) is 0 Å². The first kappa shape index (κ1) is 21.8. The molecule has 3 aromatic rings. The predicted molar refractivity (Wildman–Crippen MR) is 130 cm³/mol. The Balaban J connectivity index is 1.19. The zero-order chi connectivity index (χ0) is 23.5. The lowest BCUT2D eigenvalue weighted by molar-refractivity contribution is -0.170. The molecule has 8 heteroatoms. The number of hydrogen-bond acceptors (Lipinski definition) is 4. The van der Waals surface area contributed by atoms with E-state index in [-0.39, 0.29) is 12.5 Å². The minimum atomic E-state index is -3.60. The van der Waals surface area contributed by atoms with E-state index in [1.165, 1.54) is 0 Å². The van der Waals surface area contributed by atoms with Crippen LogP contribution in [0.2, 0.25) is 0 Å². The fourth-order valence-corrected chi connectivity index (χ4v) is 6.91. The van der Waals surface area contributed by atoms with Crippen LogP contribution >= 0.6 is 0 Å². The molecule has 1 aromatic heterocycles. The molecule has 178 valence electrons. The summed E-state index contributed by atoms with van der Waals surface area (Å²) in [6, 6.07) is 14.0. The van der Waals surface area contributed by atoms with E-state index in [0.29, 0.717) is 43.4 Å². The molecule has 0 unspecified atom stereocenters. The van der Waals surface area contributed by atoms with Gasteiger partial charge in [-0.1, -0.05) is 18.2 Å². The van der Waals surface area contributed by atoms with E-state index < -0.39 is 15.6 Å². The standard InChI is InChI=1S/C26H29N3O4S/c1-18-14-22(6-7-23(18)20-3-2-19-8-11-27-24(19)15-20)34(31,32)28-12-9-26(10-13-28)17-29(21-4-5-21)25(30)16-33-26/h2-3,6-8,11,14-15,21,27H,4-5,9-10,12-13,16-17H2,1H3. The SMILES string of the molecule is Cc1cc(S(=O)(=O)N2CCC3(CC2)CN(C2CC2)C(=O)CO3)ccc1-c1ccc2cc[nH]c2c1. The van der Waals surface area contributed by atoms with Crippen LogP contribution in [0.1, 0.15) is 31.2 Å². The van der Waals surface area contributed by atoms with Gasteiger partial charge in [0, 0.05) is 30.8 Å². The number of fused-ring (bicyclic) bond motifs is 1. The van der Waals surface area contributed by atoms with Gasteiger partial charge < -0.3 is 14.6 Å². The van der Waals surface area contributed by atoms with Gasteiger partial charge in [-0.25, -0.2) is 8.42 Å². The van der Waals surface area contributed by atoms with Gasteiger partial charge >= 0.3 is 0 Å². The fourth-order valence-electron chi connectivity index (χ4n) is 5.38. The highest BCUT2D eigenvalue weighted by Crippen LogP contribution is 2.37. The Morgan fingerprint density at radius 1 is 1.06 bits per heavy atom. The van der Waals surface area contributed by atoms with Crippen LogP contribution in [0, 0.1) is 6.92 Å². The largest absolute Gasteiger partial charge is 0.363 e. The van der Waals surface area contributed by atoms with Gasteiger partial charge in [0.25, 0.3) is 0 Å². The number of rotatable bonds is 4. The van der Waals surface area contributed by atoms with Gasteiger partial charge in [-0.05, 0) is 78.9 Å². The highest BCUT2D eigenvalue weighted by molar-refractivity contribution is 7.89. The van der Waals surface area contributed by atoms with Gasteiger partial charge in [0.05, 0.1) is 17.0 Å². The average Bonchev–Trinajstić information content (AvgIpc) is 3.57. The second-order valence-corrected chi connectivity index (χ2v) is 11.8. The molecule has 2 aromatic carbocycles. The maximum absolute atomic E-state index is 13.4. The number of morpholine rings is 1. The first-order chi connectivity index (χ1) is 16.3. The zero-order valence-electron chi connectivity index (χ0n) is 19.3. The Bertz CT molecular complexity index is 1370. The van der Waals surface area contributed by atoms with Crippen molar-refractivity contribution >= 4 is 26.8 Å². The Morgan fingerprint density at radius 2 is 1.85 bits per heavy atom. The lowest BCUT2D eigenvalue weighted by Crippen LogP contribution is -2.59. The molecule has 0 radical (unpaired) electrons. The summed E-state index contributed by atoms with van der Waals surface area (Å²) < 4.78 is 34.5. The molecule has 3 fully saturated rings. The molecule has 34 heavy (non-hydrogen) atoms. The number of amides is 1. The summed E-state index contributed by atoms with van der Waals surface area (Å²) in [5, 5.41) is 1.15. The third-order valence-electron chi connectivity index (χ3n) is 7.60. The highest BCUT2D eigenvalue weighted by atomic mass is 32.2. The number of carbonyl (C=O) groups excluding carboxylic acids is 1. The van der Waals surface area contributed by atoms with Crippen LogP contribution in [0.15, 0.2) is 53.6 Å². The van der Waals surface area contributed by atoms with Gasteiger partial charge in [0.2, 0.25) is 15.9 Å². The van der Waals surface area contributed by atoms with Gasteiger partial charge in [-0.2, -0.15) is 4.31 Å². The van der Waals surface area contributed by atoms with Gasteiger partial charge in [0.1, 0.15) is 6.61 Å². The molecular formula is C26H29N3O4S. The van der Waals surface area contributed by atoms with Gasteiger partial charge in [-0.15, -0.1) is 0 Å². The van der Waals surface area contributed by atoms with Crippen molar-refractivity contribution in [3.63, 3.8) is 0 Å². The maximum Gasteiger partial charge on any atom is 0.248 e. The summed E-state index contributed by atoms with van der Waals surface area (Å²) in [5.41, 5.74) is 3.64. The summed E-state index contributed by atoms with van der Waals surface area (Å²) in [6.07, 6.45) is 5.26. The molecule has 3 heterocycles. The number of nitrogens with zero attached hydrogens (tertiary/aromatic N) is 2. The Morgan fingerprint density at radius 3 is 2.59 bits per heavy atom. The summed E-state index contributed by atoms with van der Waals surface area (Å²) in [6.45, 7) is 3.46. The van der Waals surface area contributed by atoms with Crippen molar-refractivity contribution in [3.05, 3.63) is 54.2 Å². The van der Waals surface area contributed by atoms with Crippen molar-refractivity contribution in [2.75, 3.05) is 26.2 Å². The molecule has 0 bridgehead atoms. The van der Waals surface area contributed by atoms with Crippen LogP contribution in [0.4, 0.5) is 0 Å². The topological polar surface area (TPSA) is 82.7 Å². The maximum atomic E-state index is 13.4.